The molecule has 0 amide bonds. The van der Waals surface area contributed by atoms with Gasteiger partial charge >= 0.3 is 5.84 Å². The van der Waals surface area contributed by atoms with Crippen molar-refractivity contribution in [1.29, 1.82) is 5.26 Å². The second kappa shape index (κ2) is 2.70. The number of rotatable bonds is 0. The van der Waals surface area contributed by atoms with Crippen LogP contribution in [0.15, 0.2) is 15.5 Å². The first-order chi connectivity index (χ1) is 6.65. The Bertz CT molecular complexity index is 601. The number of hydrogen-bond acceptors (Lipinski definition) is 4. The number of aryl methyl sites for hydroxylation is 2. The van der Waals surface area contributed by atoms with Gasteiger partial charge in [0.05, 0.1) is 11.4 Å². The van der Waals surface area contributed by atoms with E-state index in [1.807, 2.05) is 6.07 Å². The van der Waals surface area contributed by atoms with E-state index in [4.69, 9.17) is 9.68 Å². The van der Waals surface area contributed by atoms with E-state index in [0.29, 0.717) is 11.4 Å². The molecule has 0 aliphatic heterocycles. The van der Waals surface area contributed by atoms with E-state index in [-0.39, 0.29) is 17.0 Å². The van der Waals surface area contributed by atoms with Gasteiger partial charge in [-0.1, -0.05) is 0 Å². The molecule has 2 heterocycles. The van der Waals surface area contributed by atoms with Gasteiger partial charge in [-0.25, -0.2) is 4.40 Å². The Morgan fingerprint density at radius 1 is 1.57 bits per heavy atom. The van der Waals surface area contributed by atoms with Crippen molar-refractivity contribution in [2.24, 2.45) is 0 Å². The van der Waals surface area contributed by atoms with Crippen LogP contribution in [0.25, 0.3) is 5.84 Å². The molecule has 0 saturated heterocycles. The van der Waals surface area contributed by atoms with Gasteiger partial charge in [0.15, 0.2) is 0 Å². The summed E-state index contributed by atoms with van der Waals surface area (Å²) in [5.41, 5.74) is 0.717. The molecule has 2 rings (SSSR count). The lowest BCUT2D eigenvalue weighted by Gasteiger charge is -1.96. The Morgan fingerprint density at radius 3 is 2.93 bits per heavy atom. The first-order valence-electron chi connectivity index (χ1n) is 4.02. The predicted octanol–water partition coefficient (Wildman–Crippen LogP) is 0.776. The summed E-state index contributed by atoms with van der Waals surface area (Å²) in [4.78, 5) is 15.7. The van der Waals surface area contributed by atoms with Crippen LogP contribution in [0.3, 0.4) is 0 Å². The van der Waals surface area contributed by atoms with E-state index in [1.165, 1.54) is 10.7 Å². The van der Waals surface area contributed by atoms with Crippen LogP contribution in [0.2, 0.25) is 0 Å². The zero-order chi connectivity index (χ0) is 10.3. The van der Waals surface area contributed by atoms with Crippen molar-refractivity contribution in [3.8, 4) is 6.07 Å². The molecular weight excluding hydrogens is 182 g/mol. The second-order valence-electron chi connectivity index (χ2n) is 2.98. The molecule has 0 atom stereocenters. The van der Waals surface area contributed by atoms with Crippen LogP contribution in [0.1, 0.15) is 17.0 Å². The van der Waals surface area contributed by atoms with Crippen LogP contribution in [0.4, 0.5) is 0 Å². The maximum absolute atomic E-state index is 11.7. The van der Waals surface area contributed by atoms with Crippen LogP contribution in [-0.2, 0) is 0 Å². The van der Waals surface area contributed by atoms with E-state index in [0.717, 1.165) is 0 Å². The van der Waals surface area contributed by atoms with Crippen LogP contribution in [0.5, 0.6) is 0 Å². The molecule has 2 aromatic rings. The SMILES string of the molecule is Cc1nc2occ(C)n2c(=O)c1C#N. The summed E-state index contributed by atoms with van der Waals surface area (Å²) in [5.74, 6) is 0.226. The van der Waals surface area contributed by atoms with Gasteiger partial charge in [-0.2, -0.15) is 10.2 Å². The molecule has 0 saturated carbocycles. The number of nitrogens with zero attached hydrogens (tertiary/aromatic N) is 3. The molecule has 0 fully saturated rings. The van der Waals surface area contributed by atoms with Gasteiger partial charge in [0.2, 0.25) is 0 Å². The normalized spacial score (nSPS) is 10.4. The van der Waals surface area contributed by atoms with Crippen molar-refractivity contribution < 1.29 is 4.42 Å². The first-order valence-corrected chi connectivity index (χ1v) is 4.02. The molecule has 5 nitrogen and oxygen atoms in total. The number of nitriles is 1. The summed E-state index contributed by atoms with van der Waals surface area (Å²) < 4.78 is 6.34. The third kappa shape index (κ3) is 0.941. The van der Waals surface area contributed by atoms with E-state index in [2.05, 4.69) is 4.98 Å². The molecule has 0 bridgehead atoms. The smallest absolute Gasteiger partial charge is 0.309 e. The van der Waals surface area contributed by atoms with Gasteiger partial charge in [0.25, 0.3) is 5.56 Å². The fraction of sp³-hybridized carbons (Fsp3) is 0.222. The van der Waals surface area contributed by atoms with Crippen molar-refractivity contribution in [2.45, 2.75) is 13.8 Å². The van der Waals surface area contributed by atoms with Crippen molar-refractivity contribution in [2.75, 3.05) is 0 Å². The Morgan fingerprint density at radius 2 is 2.29 bits per heavy atom. The molecule has 0 aliphatic rings. The van der Waals surface area contributed by atoms with Crippen molar-refractivity contribution in [3.63, 3.8) is 0 Å². The molecule has 70 valence electrons. The molecule has 0 spiro atoms. The molecule has 0 N–H and O–H groups in total. The van der Waals surface area contributed by atoms with Crippen molar-refractivity contribution in [1.82, 2.24) is 9.38 Å². The summed E-state index contributed by atoms with van der Waals surface area (Å²) in [7, 11) is 0. The predicted molar refractivity (Wildman–Crippen MR) is 47.9 cm³/mol. The fourth-order valence-electron chi connectivity index (χ4n) is 1.31. The van der Waals surface area contributed by atoms with Gasteiger partial charge in [-0.3, -0.25) is 4.79 Å². The highest BCUT2D eigenvalue weighted by Gasteiger charge is 2.12. The molecule has 5 heteroatoms. The molecular formula is C9H7N3O2. The Labute approximate surface area is 79.2 Å². The van der Waals surface area contributed by atoms with Crippen molar-refractivity contribution >= 4 is 5.84 Å². The van der Waals surface area contributed by atoms with E-state index >= 15 is 0 Å². The summed E-state index contributed by atoms with van der Waals surface area (Å²) >= 11 is 0. The quantitative estimate of drug-likeness (QED) is 0.613. The topological polar surface area (TPSA) is 71.3 Å². The van der Waals surface area contributed by atoms with E-state index < -0.39 is 0 Å². The highest BCUT2D eigenvalue weighted by molar-refractivity contribution is 5.37. The summed E-state index contributed by atoms with van der Waals surface area (Å²) in [6.45, 7) is 3.33. The second-order valence-corrected chi connectivity index (χ2v) is 2.98. The lowest BCUT2D eigenvalue weighted by molar-refractivity contribution is 0.588. The van der Waals surface area contributed by atoms with Crippen LogP contribution >= 0.6 is 0 Å². The van der Waals surface area contributed by atoms with Gasteiger partial charge in [0, 0.05) is 0 Å². The molecule has 0 unspecified atom stereocenters. The fourth-order valence-corrected chi connectivity index (χ4v) is 1.31. The van der Waals surface area contributed by atoms with Gasteiger partial charge in [-0.05, 0) is 13.8 Å². The van der Waals surface area contributed by atoms with Crippen LogP contribution in [-0.4, -0.2) is 9.38 Å². The number of aromatic nitrogens is 2. The maximum atomic E-state index is 11.7. The van der Waals surface area contributed by atoms with E-state index in [9.17, 15) is 4.79 Å². The monoisotopic (exact) mass is 189 g/mol. The van der Waals surface area contributed by atoms with E-state index in [1.54, 1.807) is 13.8 Å². The number of hydrogen-bond donors (Lipinski definition) is 0. The maximum Gasteiger partial charge on any atom is 0.309 e. The Hall–Kier alpha value is -2.09. The molecule has 14 heavy (non-hydrogen) atoms. The van der Waals surface area contributed by atoms with Gasteiger partial charge in [-0.15, -0.1) is 0 Å². The Balaban J connectivity index is 3.07. The minimum Gasteiger partial charge on any atom is -0.431 e. The minimum atomic E-state index is -0.374. The Kier molecular flexibility index (Phi) is 1.64. The first kappa shape index (κ1) is 8.51. The van der Waals surface area contributed by atoms with Crippen LogP contribution < -0.4 is 5.56 Å². The summed E-state index contributed by atoms with van der Waals surface area (Å²) in [5, 5.41) is 8.75. The number of fused-ring (bicyclic) bond motifs is 1. The number of oxazole rings is 1. The highest BCUT2D eigenvalue weighted by Crippen LogP contribution is 2.06. The summed E-state index contributed by atoms with van der Waals surface area (Å²) in [6, 6.07) is 1.84. The average molecular weight is 189 g/mol. The minimum absolute atomic E-state index is 0.0620. The largest absolute Gasteiger partial charge is 0.431 e. The third-order valence-electron chi connectivity index (χ3n) is 2.03. The van der Waals surface area contributed by atoms with Gasteiger partial charge < -0.3 is 4.42 Å². The standard InChI is InChI=1S/C9H7N3O2/c1-5-4-14-9-11-6(2)7(3-10)8(13)12(5)9/h4H,1-2H3. The van der Waals surface area contributed by atoms with Gasteiger partial charge in [0.1, 0.15) is 17.9 Å². The third-order valence-corrected chi connectivity index (χ3v) is 2.03. The lowest BCUT2D eigenvalue weighted by atomic mass is 10.2. The highest BCUT2D eigenvalue weighted by atomic mass is 16.3. The zero-order valence-corrected chi connectivity index (χ0v) is 7.74. The average Bonchev–Trinajstić information content (AvgIpc) is 2.48. The lowest BCUT2D eigenvalue weighted by Crippen LogP contribution is -2.19. The zero-order valence-electron chi connectivity index (χ0n) is 7.74. The van der Waals surface area contributed by atoms with Crippen LogP contribution in [0, 0.1) is 25.2 Å². The summed E-state index contributed by atoms with van der Waals surface area (Å²) in [6.07, 6.45) is 1.43. The van der Waals surface area contributed by atoms with Crippen molar-refractivity contribution in [3.05, 3.63) is 33.6 Å². The molecule has 2 aromatic heterocycles. The molecule has 0 radical (unpaired) electrons. The molecule has 0 aliphatic carbocycles. The molecule has 0 aromatic carbocycles.